The van der Waals surface area contributed by atoms with Crippen molar-refractivity contribution in [3.8, 4) is 0 Å². The Kier molecular flexibility index (Phi) is 5.33. The van der Waals surface area contributed by atoms with Crippen LogP contribution in [0, 0.1) is 0 Å². The summed E-state index contributed by atoms with van der Waals surface area (Å²) in [6.45, 7) is 2.04. The summed E-state index contributed by atoms with van der Waals surface area (Å²) in [6, 6.07) is 4.16. The molecule has 1 N–H and O–H groups in total. The second-order valence-corrected chi connectivity index (χ2v) is 5.13. The molecule has 2 heterocycles. The van der Waals surface area contributed by atoms with Gasteiger partial charge in [-0.3, -0.25) is 14.7 Å². The molecule has 1 aliphatic heterocycles. The highest BCUT2D eigenvalue weighted by atomic mass is 16.2. The van der Waals surface area contributed by atoms with E-state index in [9.17, 15) is 4.79 Å². The third-order valence-corrected chi connectivity index (χ3v) is 3.80. The van der Waals surface area contributed by atoms with E-state index in [0.29, 0.717) is 0 Å². The molecule has 0 radical (unpaired) electrons. The Labute approximate surface area is 115 Å². The van der Waals surface area contributed by atoms with Crippen LogP contribution in [0.3, 0.4) is 0 Å². The highest BCUT2D eigenvalue weighted by molar-refractivity contribution is 5.81. The molecule has 0 spiro atoms. The topological polar surface area (TPSA) is 45.2 Å². The summed E-state index contributed by atoms with van der Waals surface area (Å²) in [6.07, 6.45) is 9.20. The zero-order valence-electron chi connectivity index (χ0n) is 11.6. The molecule has 1 fully saturated rings. The summed E-state index contributed by atoms with van der Waals surface area (Å²) in [5.74, 6) is 0.168. The Hall–Kier alpha value is -1.42. The van der Waals surface area contributed by atoms with Gasteiger partial charge in [-0.05, 0) is 50.4 Å². The molecule has 4 nitrogen and oxygen atoms in total. The monoisotopic (exact) mass is 261 g/mol. The van der Waals surface area contributed by atoms with E-state index in [4.69, 9.17) is 0 Å². The largest absolute Gasteiger partial charge is 0.358 e. The third kappa shape index (κ3) is 4.03. The Bertz CT molecular complexity index is 394. The van der Waals surface area contributed by atoms with Crippen LogP contribution in [-0.4, -0.2) is 42.0 Å². The Morgan fingerprint density at radius 1 is 1.53 bits per heavy atom. The van der Waals surface area contributed by atoms with Gasteiger partial charge < -0.3 is 5.32 Å². The van der Waals surface area contributed by atoms with Gasteiger partial charge in [0.25, 0.3) is 0 Å². The van der Waals surface area contributed by atoms with Crippen molar-refractivity contribution in [3.63, 3.8) is 0 Å². The number of pyridine rings is 1. The molecule has 1 aliphatic rings. The fraction of sp³-hybridized carbons (Fsp3) is 0.600. The SMILES string of the molecule is CNC(=O)C1CCCCN1CCCc1cccnc1. The van der Waals surface area contributed by atoms with Crippen molar-refractivity contribution in [3.05, 3.63) is 30.1 Å². The van der Waals surface area contributed by atoms with Gasteiger partial charge >= 0.3 is 0 Å². The van der Waals surface area contributed by atoms with Crippen molar-refractivity contribution >= 4 is 5.91 Å². The summed E-state index contributed by atoms with van der Waals surface area (Å²) in [5.41, 5.74) is 1.27. The van der Waals surface area contributed by atoms with Gasteiger partial charge in [-0.15, -0.1) is 0 Å². The summed E-state index contributed by atoms with van der Waals surface area (Å²) < 4.78 is 0. The predicted octanol–water partition coefficient (Wildman–Crippen LogP) is 1.61. The normalized spacial score (nSPS) is 20.2. The first kappa shape index (κ1) is 14.0. The second kappa shape index (κ2) is 7.24. The maximum Gasteiger partial charge on any atom is 0.237 e. The van der Waals surface area contributed by atoms with E-state index in [0.717, 1.165) is 38.8 Å². The average molecular weight is 261 g/mol. The zero-order chi connectivity index (χ0) is 13.5. The van der Waals surface area contributed by atoms with Gasteiger partial charge in [0.1, 0.15) is 0 Å². The molecule has 1 unspecified atom stereocenters. The number of likely N-dealkylation sites (tertiary alicyclic amines) is 1. The molecule has 0 saturated carbocycles. The van der Waals surface area contributed by atoms with Crippen LogP contribution in [0.15, 0.2) is 24.5 Å². The minimum absolute atomic E-state index is 0.0765. The maximum atomic E-state index is 11.8. The smallest absolute Gasteiger partial charge is 0.237 e. The number of carbonyl (C=O) groups is 1. The lowest BCUT2D eigenvalue weighted by Crippen LogP contribution is -2.48. The van der Waals surface area contributed by atoms with Crippen LogP contribution >= 0.6 is 0 Å². The number of amides is 1. The van der Waals surface area contributed by atoms with Gasteiger partial charge in [-0.1, -0.05) is 12.5 Å². The minimum Gasteiger partial charge on any atom is -0.358 e. The van der Waals surface area contributed by atoms with Crippen LogP contribution in [0.1, 0.15) is 31.2 Å². The number of nitrogens with one attached hydrogen (secondary N) is 1. The van der Waals surface area contributed by atoms with Crippen molar-refractivity contribution in [1.29, 1.82) is 0 Å². The molecule has 2 rings (SSSR count). The van der Waals surface area contributed by atoms with Crippen molar-refractivity contribution in [1.82, 2.24) is 15.2 Å². The van der Waals surface area contributed by atoms with Crippen LogP contribution < -0.4 is 5.32 Å². The molecule has 1 atom stereocenters. The van der Waals surface area contributed by atoms with E-state index in [1.54, 1.807) is 13.2 Å². The third-order valence-electron chi connectivity index (χ3n) is 3.80. The van der Waals surface area contributed by atoms with Gasteiger partial charge in [0, 0.05) is 19.4 Å². The first-order chi connectivity index (χ1) is 9.31. The van der Waals surface area contributed by atoms with Gasteiger partial charge in [-0.25, -0.2) is 0 Å². The molecule has 104 valence electrons. The molecule has 1 aromatic rings. The highest BCUT2D eigenvalue weighted by Gasteiger charge is 2.27. The van der Waals surface area contributed by atoms with E-state index < -0.39 is 0 Å². The number of aromatic nitrogens is 1. The molecule has 4 heteroatoms. The van der Waals surface area contributed by atoms with Crippen molar-refractivity contribution < 1.29 is 4.79 Å². The van der Waals surface area contributed by atoms with E-state index in [1.165, 1.54) is 12.0 Å². The zero-order valence-corrected chi connectivity index (χ0v) is 11.6. The highest BCUT2D eigenvalue weighted by Crippen LogP contribution is 2.17. The minimum atomic E-state index is 0.0765. The molecule has 0 aliphatic carbocycles. The molecule has 1 amide bonds. The number of piperidine rings is 1. The quantitative estimate of drug-likeness (QED) is 0.876. The Morgan fingerprint density at radius 2 is 2.42 bits per heavy atom. The van der Waals surface area contributed by atoms with E-state index >= 15 is 0 Å². The van der Waals surface area contributed by atoms with E-state index in [2.05, 4.69) is 21.3 Å². The summed E-state index contributed by atoms with van der Waals surface area (Å²) >= 11 is 0. The van der Waals surface area contributed by atoms with Crippen LogP contribution in [0.4, 0.5) is 0 Å². The average Bonchev–Trinajstić information content (AvgIpc) is 2.48. The van der Waals surface area contributed by atoms with Gasteiger partial charge in [0.2, 0.25) is 5.91 Å². The van der Waals surface area contributed by atoms with Crippen LogP contribution in [0.5, 0.6) is 0 Å². The van der Waals surface area contributed by atoms with Gasteiger partial charge in [0.15, 0.2) is 0 Å². The Balaban J connectivity index is 1.81. The molecular formula is C15H23N3O. The second-order valence-electron chi connectivity index (χ2n) is 5.13. The number of hydrogen-bond acceptors (Lipinski definition) is 3. The lowest BCUT2D eigenvalue weighted by Gasteiger charge is -2.34. The van der Waals surface area contributed by atoms with Crippen LogP contribution in [0.25, 0.3) is 0 Å². The number of aryl methyl sites for hydroxylation is 1. The lowest BCUT2D eigenvalue weighted by atomic mass is 10.0. The van der Waals surface area contributed by atoms with Crippen molar-refractivity contribution in [2.45, 2.75) is 38.1 Å². The van der Waals surface area contributed by atoms with Crippen LogP contribution in [0.2, 0.25) is 0 Å². The van der Waals surface area contributed by atoms with Gasteiger partial charge in [-0.2, -0.15) is 0 Å². The number of carbonyl (C=O) groups excluding carboxylic acids is 1. The van der Waals surface area contributed by atoms with E-state index in [1.807, 2.05) is 12.3 Å². The number of likely N-dealkylation sites (N-methyl/N-ethyl adjacent to an activating group) is 1. The fourth-order valence-electron chi connectivity index (χ4n) is 2.75. The van der Waals surface area contributed by atoms with Crippen molar-refractivity contribution in [2.75, 3.05) is 20.1 Å². The first-order valence-electron chi connectivity index (χ1n) is 7.16. The molecule has 1 saturated heterocycles. The van der Waals surface area contributed by atoms with Crippen molar-refractivity contribution in [2.24, 2.45) is 0 Å². The standard InChI is InChI=1S/C15H23N3O/c1-16-15(19)14-8-2-3-10-18(14)11-5-7-13-6-4-9-17-12-13/h4,6,9,12,14H,2-3,5,7-8,10-11H2,1H3,(H,16,19). The summed E-state index contributed by atoms with van der Waals surface area (Å²) in [7, 11) is 1.73. The summed E-state index contributed by atoms with van der Waals surface area (Å²) in [4.78, 5) is 18.3. The molecule has 0 bridgehead atoms. The predicted molar refractivity (Wildman–Crippen MR) is 75.8 cm³/mol. The molecule has 0 aromatic carbocycles. The number of hydrogen-bond donors (Lipinski definition) is 1. The fourth-order valence-corrected chi connectivity index (χ4v) is 2.75. The maximum absolute atomic E-state index is 11.8. The first-order valence-corrected chi connectivity index (χ1v) is 7.16. The lowest BCUT2D eigenvalue weighted by molar-refractivity contribution is -0.127. The van der Waals surface area contributed by atoms with Gasteiger partial charge in [0.05, 0.1) is 6.04 Å². The van der Waals surface area contributed by atoms with Crippen LogP contribution in [-0.2, 0) is 11.2 Å². The molecule has 1 aromatic heterocycles. The van der Waals surface area contributed by atoms with E-state index in [-0.39, 0.29) is 11.9 Å². The number of rotatable bonds is 5. The Morgan fingerprint density at radius 3 is 3.16 bits per heavy atom. The molecule has 19 heavy (non-hydrogen) atoms. The number of nitrogens with zero attached hydrogens (tertiary/aromatic N) is 2. The summed E-state index contributed by atoms with van der Waals surface area (Å²) in [5, 5.41) is 2.78. The molecular weight excluding hydrogens is 238 g/mol.